The second-order valence-electron chi connectivity index (χ2n) is 6.58. The molecule has 2 aromatic rings. The molecule has 0 aromatic heterocycles. The van der Waals surface area contributed by atoms with Gasteiger partial charge in [0.15, 0.2) is 5.82 Å². The van der Waals surface area contributed by atoms with Crippen LogP contribution in [0.5, 0.6) is 0 Å². The van der Waals surface area contributed by atoms with Gasteiger partial charge in [-0.1, -0.05) is 44.5 Å². The number of nitrogens with zero attached hydrogens (tertiary/aromatic N) is 1. The number of carbonyl (C=O) groups is 1. The van der Waals surface area contributed by atoms with E-state index in [1.165, 1.54) is 6.07 Å². The summed E-state index contributed by atoms with van der Waals surface area (Å²) in [5.74, 6) is -1.31. The lowest BCUT2D eigenvalue weighted by atomic mass is 9.86. The molecule has 0 atom stereocenters. The number of Topliss-reactive ketones (excluding diaryl/α,β-unsaturated/α-hetero) is 1. The smallest absolute Gasteiger partial charge is 0.273 e. The van der Waals surface area contributed by atoms with Crippen molar-refractivity contribution < 1.29 is 13.9 Å². The standard InChI is InChI=1S/C18H15ClFNO2/c1-18(2,3)11-6-4-10(5-7-11)15-17(22)13-8-12(19)9-14(20)16(13)21(15)23/h4-9H,1-3H3. The second kappa shape index (κ2) is 5.17. The van der Waals surface area contributed by atoms with E-state index >= 15 is 0 Å². The SMILES string of the molecule is CC(C)(C)c1ccc(C2=[N+]([O-])c3c(F)cc(Cl)cc3C2=O)cc1. The van der Waals surface area contributed by atoms with Gasteiger partial charge in [-0.2, -0.15) is 9.13 Å². The molecule has 3 nitrogen and oxygen atoms in total. The number of hydrogen-bond acceptors (Lipinski definition) is 2. The molecular weight excluding hydrogens is 317 g/mol. The molecule has 0 fully saturated rings. The molecule has 5 heteroatoms. The number of carbonyl (C=O) groups excluding carboxylic acids is 1. The fourth-order valence-electron chi connectivity index (χ4n) is 2.65. The van der Waals surface area contributed by atoms with Gasteiger partial charge in [0.1, 0.15) is 5.56 Å². The Morgan fingerprint density at radius 2 is 1.74 bits per heavy atom. The lowest BCUT2D eigenvalue weighted by Crippen LogP contribution is -2.17. The van der Waals surface area contributed by atoms with Crippen molar-refractivity contribution in [2.75, 3.05) is 0 Å². The number of halogens is 2. The topological polar surface area (TPSA) is 43.1 Å². The maximum atomic E-state index is 14.0. The van der Waals surface area contributed by atoms with Crippen molar-refractivity contribution in [2.24, 2.45) is 0 Å². The molecule has 118 valence electrons. The largest absolute Gasteiger partial charge is 0.618 e. The zero-order valence-corrected chi connectivity index (χ0v) is 13.7. The van der Waals surface area contributed by atoms with Crippen molar-refractivity contribution in [3.8, 4) is 0 Å². The van der Waals surface area contributed by atoms with Gasteiger partial charge in [-0.15, -0.1) is 0 Å². The summed E-state index contributed by atoms with van der Waals surface area (Å²) in [6, 6.07) is 9.52. The molecule has 0 spiro atoms. The van der Waals surface area contributed by atoms with Gasteiger partial charge in [0.25, 0.3) is 17.2 Å². The third-order valence-electron chi connectivity index (χ3n) is 3.92. The molecule has 0 unspecified atom stereocenters. The van der Waals surface area contributed by atoms with Crippen LogP contribution < -0.4 is 0 Å². The maximum Gasteiger partial charge on any atom is 0.273 e. The quantitative estimate of drug-likeness (QED) is 0.566. The molecule has 2 aromatic carbocycles. The molecule has 0 radical (unpaired) electrons. The Balaban J connectivity index is 2.11. The third kappa shape index (κ3) is 2.53. The van der Waals surface area contributed by atoms with Crippen molar-refractivity contribution in [3.05, 3.63) is 69.1 Å². The van der Waals surface area contributed by atoms with E-state index in [1.807, 2.05) is 12.1 Å². The minimum atomic E-state index is -0.794. The number of hydrogen-bond donors (Lipinski definition) is 0. The molecule has 1 aliphatic heterocycles. The Hall–Kier alpha value is -2.20. The minimum absolute atomic E-state index is 0.0000945. The summed E-state index contributed by atoms with van der Waals surface area (Å²) >= 11 is 5.78. The number of fused-ring (bicyclic) bond motifs is 1. The van der Waals surface area contributed by atoms with Crippen molar-refractivity contribution in [1.82, 2.24) is 0 Å². The van der Waals surface area contributed by atoms with Gasteiger partial charge < -0.3 is 5.21 Å². The van der Waals surface area contributed by atoms with E-state index in [0.717, 1.165) is 11.6 Å². The van der Waals surface area contributed by atoms with Crippen LogP contribution in [0.1, 0.15) is 42.3 Å². The van der Waals surface area contributed by atoms with E-state index in [-0.39, 0.29) is 27.4 Å². The van der Waals surface area contributed by atoms with Crippen LogP contribution in [0.2, 0.25) is 5.02 Å². The highest BCUT2D eigenvalue weighted by molar-refractivity contribution is 6.52. The molecule has 0 saturated carbocycles. The molecule has 3 rings (SSSR count). The number of benzene rings is 2. The highest BCUT2D eigenvalue weighted by Crippen LogP contribution is 2.33. The predicted molar refractivity (Wildman–Crippen MR) is 88.3 cm³/mol. The lowest BCUT2D eigenvalue weighted by molar-refractivity contribution is -0.358. The summed E-state index contributed by atoms with van der Waals surface area (Å²) < 4.78 is 14.3. The molecule has 0 aliphatic carbocycles. The summed E-state index contributed by atoms with van der Waals surface area (Å²) in [5.41, 5.74) is 1.15. The van der Waals surface area contributed by atoms with Crippen molar-refractivity contribution >= 4 is 28.8 Å². The summed E-state index contributed by atoms with van der Waals surface area (Å²) in [4.78, 5) is 12.5. The molecule has 1 heterocycles. The zero-order chi connectivity index (χ0) is 16.9. The van der Waals surface area contributed by atoms with Crippen molar-refractivity contribution in [3.63, 3.8) is 0 Å². The average molecular weight is 332 g/mol. The van der Waals surface area contributed by atoms with Gasteiger partial charge in [0, 0.05) is 5.02 Å². The van der Waals surface area contributed by atoms with E-state index < -0.39 is 11.6 Å². The van der Waals surface area contributed by atoms with E-state index in [0.29, 0.717) is 10.3 Å². The first-order chi connectivity index (χ1) is 10.7. The van der Waals surface area contributed by atoms with E-state index in [1.54, 1.807) is 12.1 Å². The van der Waals surface area contributed by atoms with Gasteiger partial charge in [-0.05, 0) is 35.2 Å². The first-order valence-electron chi connectivity index (χ1n) is 7.19. The first kappa shape index (κ1) is 15.7. The second-order valence-corrected chi connectivity index (χ2v) is 7.02. The van der Waals surface area contributed by atoms with Gasteiger partial charge in [-0.3, -0.25) is 4.79 Å². The molecule has 0 amide bonds. The Kier molecular flexibility index (Phi) is 3.52. The summed E-state index contributed by atoms with van der Waals surface area (Å²) in [6.45, 7) is 6.22. The van der Waals surface area contributed by atoms with Gasteiger partial charge in [-0.25, -0.2) is 0 Å². The molecule has 23 heavy (non-hydrogen) atoms. The summed E-state index contributed by atoms with van der Waals surface area (Å²) in [6.07, 6.45) is 0. The molecule has 0 N–H and O–H groups in total. The van der Waals surface area contributed by atoms with E-state index in [2.05, 4.69) is 20.8 Å². The van der Waals surface area contributed by atoms with Crippen LogP contribution in [0.3, 0.4) is 0 Å². The summed E-state index contributed by atoms with van der Waals surface area (Å²) in [7, 11) is 0. The van der Waals surface area contributed by atoms with Crippen LogP contribution >= 0.6 is 11.6 Å². The zero-order valence-electron chi connectivity index (χ0n) is 13.0. The van der Waals surface area contributed by atoms with E-state index in [9.17, 15) is 14.4 Å². The highest BCUT2D eigenvalue weighted by Gasteiger charge is 2.39. The fraction of sp³-hybridized carbons (Fsp3) is 0.222. The van der Waals surface area contributed by atoms with Gasteiger partial charge in [0.05, 0.1) is 5.56 Å². The number of rotatable bonds is 1. The first-order valence-corrected chi connectivity index (χ1v) is 7.57. The Morgan fingerprint density at radius 1 is 1.13 bits per heavy atom. The molecule has 0 bridgehead atoms. The highest BCUT2D eigenvalue weighted by atomic mass is 35.5. The van der Waals surface area contributed by atoms with Crippen LogP contribution in [0.15, 0.2) is 36.4 Å². The van der Waals surface area contributed by atoms with Crippen molar-refractivity contribution in [2.45, 2.75) is 26.2 Å². The van der Waals surface area contributed by atoms with Gasteiger partial charge in [0.2, 0.25) is 0 Å². The molecule has 0 saturated heterocycles. The number of ketones is 1. The molecule has 1 aliphatic rings. The summed E-state index contributed by atoms with van der Waals surface area (Å²) in [5, 5.41) is 12.5. The van der Waals surface area contributed by atoms with Crippen LogP contribution in [-0.2, 0) is 5.41 Å². The normalized spacial score (nSPS) is 14.4. The fourth-order valence-corrected chi connectivity index (χ4v) is 2.86. The maximum absolute atomic E-state index is 14.0. The van der Waals surface area contributed by atoms with Crippen LogP contribution in [0.4, 0.5) is 10.1 Å². The monoisotopic (exact) mass is 331 g/mol. The third-order valence-corrected chi connectivity index (χ3v) is 4.14. The van der Waals surface area contributed by atoms with Crippen LogP contribution in [0.25, 0.3) is 0 Å². The van der Waals surface area contributed by atoms with Crippen LogP contribution in [-0.4, -0.2) is 16.2 Å². The average Bonchev–Trinajstić information content (AvgIpc) is 2.70. The van der Waals surface area contributed by atoms with Crippen molar-refractivity contribution in [1.29, 1.82) is 0 Å². The van der Waals surface area contributed by atoms with Crippen LogP contribution in [0, 0.1) is 11.0 Å². The van der Waals surface area contributed by atoms with Gasteiger partial charge >= 0.3 is 0 Å². The Labute approximate surface area is 138 Å². The predicted octanol–water partition coefficient (Wildman–Crippen LogP) is 4.60. The minimum Gasteiger partial charge on any atom is -0.618 e. The van der Waals surface area contributed by atoms with E-state index in [4.69, 9.17) is 11.6 Å². The Morgan fingerprint density at radius 3 is 2.30 bits per heavy atom. The molecular formula is C18H15ClFNO2. The lowest BCUT2D eigenvalue weighted by Gasteiger charge is -2.18. The Bertz CT molecular complexity index is 849.